The number of anilines is 1. The number of hydrogen-bond acceptors (Lipinski definition) is 4. The van der Waals surface area contributed by atoms with Crippen LogP contribution in [0.15, 0.2) is 53.4 Å². The standard InChI is InChI=1S/C16H17FN2O4S/c1-23-15-5-3-2-4-14(15)19-16(20)10-11-18-24(21,22)13-8-6-12(17)7-9-13/h2-9,18H,10-11H2,1H3,(H,19,20). The van der Waals surface area contributed by atoms with Gasteiger partial charge >= 0.3 is 0 Å². The third-order valence-corrected chi connectivity index (χ3v) is 4.63. The van der Waals surface area contributed by atoms with Gasteiger partial charge in [-0.25, -0.2) is 17.5 Å². The van der Waals surface area contributed by atoms with Crippen LogP contribution in [-0.2, 0) is 14.8 Å². The fraction of sp³-hybridized carbons (Fsp3) is 0.188. The summed E-state index contributed by atoms with van der Waals surface area (Å²) in [6.07, 6.45) is -0.0571. The molecule has 2 aromatic carbocycles. The van der Waals surface area contributed by atoms with Crippen LogP contribution in [0.25, 0.3) is 0 Å². The van der Waals surface area contributed by atoms with Crippen molar-refractivity contribution in [1.29, 1.82) is 0 Å². The normalized spacial score (nSPS) is 11.1. The maximum absolute atomic E-state index is 12.8. The van der Waals surface area contributed by atoms with E-state index in [0.29, 0.717) is 11.4 Å². The van der Waals surface area contributed by atoms with Gasteiger partial charge in [0.25, 0.3) is 0 Å². The van der Waals surface area contributed by atoms with Crippen molar-refractivity contribution in [3.63, 3.8) is 0 Å². The lowest BCUT2D eigenvalue weighted by Crippen LogP contribution is -2.27. The Morgan fingerprint density at radius 2 is 1.79 bits per heavy atom. The maximum atomic E-state index is 12.8. The molecular formula is C16H17FN2O4S. The fourth-order valence-electron chi connectivity index (χ4n) is 1.96. The number of hydrogen-bond donors (Lipinski definition) is 2. The smallest absolute Gasteiger partial charge is 0.240 e. The molecule has 0 saturated carbocycles. The number of halogens is 1. The number of carbonyl (C=O) groups is 1. The lowest BCUT2D eigenvalue weighted by atomic mass is 10.3. The van der Waals surface area contributed by atoms with Gasteiger partial charge < -0.3 is 10.1 Å². The van der Waals surface area contributed by atoms with E-state index in [0.717, 1.165) is 24.3 Å². The topological polar surface area (TPSA) is 84.5 Å². The van der Waals surface area contributed by atoms with Crippen LogP contribution in [0.2, 0.25) is 0 Å². The van der Waals surface area contributed by atoms with Crippen molar-refractivity contribution in [2.75, 3.05) is 19.0 Å². The first kappa shape index (κ1) is 17.9. The molecule has 2 N–H and O–H groups in total. The van der Waals surface area contributed by atoms with Crippen molar-refractivity contribution in [3.05, 3.63) is 54.3 Å². The third kappa shape index (κ3) is 4.77. The average Bonchev–Trinajstić information content (AvgIpc) is 2.55. The quantitative estimate of drug-likeness (QED) is 0.800. The number of amides is 1. The molecule has 0 heterocycles. The Hall–Kier alpha value is -2.45. The van der Waals surface area contributed by atoms with Gasteiger partial charge in [0.05, 0.1) is 17.7 Å². The van der Waals surface area contributed by atoms with Crippen LogP contribution in [0.4, 0.5) is 10.1 Å². The highest BCUT2D eigenvalue weighted by Gasteiger charge is 2.14. The van der Waals surface area contributed by atoms with E-state index in [1.807, 2.05) is 0 Å². The molecule has 8 heteroatoms. The number of rotatable bonds is 7. The summed E-state index contributed by atoms with van der Waals surface area (Å²) in [6.45, 7) is -0.0826. The first-order valence-corrected chi connectivity index (χ1v) is 8.59. The number of sulfonamides is 1. The van der Waals surface area contributed by atoms with Crippen LogP contribution in [0.5, 0.6) is 5.75 Å². The van der Waals surface area contributed by atoms with Gasteiger partial charge in [0, 0.05) is 13.0 Å². The summed E-state index contributed by atoms with van der Waals surface area (Å²) in [4.78, 5) is 11.8. The number of benzene rings is 2. The molecule has 0 fully saturated rings. The van der Waals surface area contributed by atoms with Gasteiger partial charge in [-0.15, -0.1) is 0 Å². The molecule has 2 rings (SSSR count). The molecule has 0 bridgehead atoms. The second-order valence-electron chi connectivity index (χ2n) is 4.85. The molecule has 0 aliphatic rings. The minimum absolute atomic E-state index is 0.0571. The molecular weight excluding hydrogens is 335 g/mol. The van der Waals surface area contributed by atoms with Gasteiger partial charge in [-0.05, 0) is 36.4 Å². The molecule has 6 nitrogen and oxygen atoms in total. The van der Waals surface area contributed by atoms with Crippen molar-refractivity contribution in [3.8, 4) is 5.75 Å². The van der Waals surface area contributed by atoms with Crippen LogP contribution < -0.4 is 14.8 Å². The highest BCUT2D eigenvalue weighted by molar-refractivity contribution is 7.89. The van der Waals surface area contributed by atoms with E-state index in [2.05, 4.69) is 10.0 Å². The summed E-state index contributed by atoms with van der Waals surface area (Å²) in [5, 5.41) is 2.65. The molecule has 0 aromatic heterocycles. The molecule has 0 atom stereocenters. The molecule has 0 aliphatic heterocycles. The van der Waals surface area contributed by atoms with Gasteiger partial charge in [0.15, 0.2) is 0 Å². The van der Waals surface area contributed by atoms with Crippen molar-refractivity contribution in [2.24, 2.45) is 0 Å². The predicted octanol–water partition coefficient (Wildman–Crippen LogP) is 2.14. The zero-order valence-corrected chi connectivity index (χ0v) is 13.8. The van der Waals surface area contributed by atoms with Gasteiger partial charge in [0.1, 0.15) is 11.6 Å². The average molecular weight is 352 g/mol. The van der Waals surface area contributed by atoms with E-state index in [-0.39, 0.29) is 23.8 Å². The summed E-state index contributed by atoms with van der Waals surface area (Å²) >= 11 is 0. The Morgan fingerprint density at radius 1 is 1.12 bits per heavy atom. The highest BCUT2D eigenvalue weighted by atomic mass is 32.2. The second-order valence-corrected chi connectivity index (χ2v) is 6.62. The van der Waals surface area contributed by atoms with Gasteiger partial charge in [-0.1, -0.05) is 12.1 Å². The van der Waals surface area contributed by atoms with E-state index in [1.54, 1.807) is 24.3 Å². The minimum Gasteiger partial charge on any atom is -0.495 e. The van der Waals surface area contributed by atoms with Crippen LogP contribution in [0, 0.1) is 5.82 Å². The number of methoxy groups -OCH3 is 1. The molecule has 2 aromatic rings. The minimum atomic E-state index is -3.78. The van der Waals surface area contributed by atoms with Crippen LogP contribution in [-0.4, -0.2) is 28.0 Å². The van der Waals surface area contributed by atoms with Crippen molar-refractivity contribution >= 4 is 21.6 Å². The molecule has 0 spiro atoms. The third-order valence-electron chi connectivity index (χ3n) is 3.15. The number of carbonyl (C=O) groups excluding carboxylic acids is 1. The Balaban J connectivity index is 1.89. The van der Waals surface area contributed by atoms with Crippen LogP contribution in [0.3, 0.4) is 0 Å². The summed E-state index contributed by atoms with van der Waals surface area (Å²) < 4.78 is 44.2. The SMILES string of the molecule is COc1ccccc1NC(=O)CCNS(=O)(=O)c1ccc(F)cc1. The fourth-order valence-corrected chi connectivity index (χ4v) is 2.99. The first-order valence-electron chi connectivity index (χ1n) is 7.10. The largest absolute Gasteiger partial charge is 0.495 e. The number of ether oxygens (including phenoxy) is 1. The van der Waals surface area contributed by atoms with Crippen LogP contribution in [0.1, 0.15) is 6.42 Å². The van der Waals surface area contributed by atoms with Gasteiger partial charge in [0.2, 0.25) is 15.9 Å². The lowest BCUT2D eigenvalue weighted by Gasteiger charge is -2.10. The lowest BCUT2D eigenvalue weighted by molar-refractivity contribution is -0.116. The molecule has 0 aliphatic carbocycles. The summed E-state index contributed by atoms with van der Waals surface area (Å²) in [6, 6.07) is 11.3. The van der Waals surface area contributed by atoms with E-state index >= 15 is 0 Å². The molecule has 1 amide bonds. The maximum Gasteiger partial charge on any atom is 0.240 e. The molecule has 0 radical (unpaired) electrons. The Morgan fingerprint density at radius 3 is 2.46 bits per heavy atom. The predicted molar refractivity (Wildman–Crippen MR) is 87.8 cm³/mol. The van der Waals surface area contributed by atoms with E-state index < -0.39 is 15.8 Å². The summed E-state index contributed by atoms with van der Waals surface area (Å²) in [5.41, 5.74) is 0.506. The molecule has 128 valence electrons. The van der Waals surface area contributed by atoms with Crippen molar-refractivity contribution < 1.29 is 22.3 Å². The van der Waals surface area contributed by atoms with Crippen LogP contribution >= 0.6 is 0 Å². The highest BCUT2D eigenvalue weighted by Crippen LogP contribution is 2.22. The Labute approximate surface area is 139 Å². The Kier molecular flexibility index (Phi) is 5.88. The van der Waals surface area contributed by atoms with Gasteiger partial charge in [-0.3, -0.25) is 4.79 Å². The van der Waals surface area contributed by atoms with Crippen molar-refractivity contribution in [2.45, 2.75) is 11.3 Å². The van der Waals surface area contributed by atoms with E-state index in [4.69, 9.17) is 4.74 Å². The summed E-state index contributed by atoms with van der Waals surface area (Å²) in [5.74, 6) is -0.371. The molecule has 0 saturated heterocycles. The molecule has 24 heavy (non-hydrogen) atoms. The van der Waals surface area contributed by atoms with E-state index in [9.17, 15) is 17.6 Å². The number of nitrogens with one attached hydrogen (secondary N) is 2. The van der Waals surface area contributed by atoms with Gasteiger partial charge in [-0.2, -0.15) is 0 Å². The zero-order chi connectivity index (χ0) is 17.6. The monoisotopic (exact) mass is 352 g/mol. The van der Waals surface area contributed by atoms with Crippen molar-refractivity contribution in [1.82, 2.24) is 4.72 Å². The second kappa shape index (κ2) is 7.89. The Bertz CT molecular complexity index is 807. The molecule has 0 unspecified atom stereocenters. The first-order chi connectivity index (χ1) is 11.4. The van der Waals surface area contributed by atoms with E-state index in [1.165, 1.54) is 7.11 Å². The summed E-state index contributed by atoms with van der Waals surface area (Å²) in [7, 11) is -2.29. The number of para-hydroxylation sites is 2. The zero-order valence-electron chi connectivity index (χ0n) is 13.0.